The van der Waals surface area contributed by atoms with E-state index in [2.05, 4.69) is 11.1 Å². The molecule has 0 amide bonds. The largest absolute Gasteiger partial charge is 0.493 e. The SMILES string of the molecule is COc1ccc(-c2cc(-c3ccc(Cl)cc3)c(C#N)c(=S)[nH]2)cc1OC. The first-order valence-corrected chi connectivity index (χ1v) is 8.51. The molecule has 1 aromatic heterocycles. The molecule has 0 spiro atoms. The van der Waals surface area contributed by atoms with Crippen LogP contribution in [0.15, 0.2) is 48.5 Å². The molecule has 130 valence electrons. The molecule has 0 unspecified atom stereocenters. The Hall–Kier alpha value is -2.81. The van der Waals surface area contributed by atoms with E-state index in [0.29, 0.717) is 26.7 Å². The number of H-pyrrole nitrogens is 1. The Balaban J connectivity index is 2.20. The lowest BCUT2D eigenvalue weighted by Crippen LogP contribution is -1.95. The van der Waals surface area contributed by atoms with Crippen LogP contribution < -0.4 is 9.47 Å². The molecule has 4 nitrogen and oxygen atoms in total. The number of rotatable bonds is 4. The van der Waals surface area contributed by atoms with E-state index in [4.69, 9.17) is 33.3 Å². The van der Waals surface area contributed by atoms with Gasteiger partial charge in [-0.25, -0.2) is 0 Å². The summed E-state index contributed by atoms with van der Waals surface area (Å²) in [6, 6.07) is 17.0. The minimum Gasteiger partial charge on any atom is -0.493 e. The van der Waals surface area contributed by atoms with Crippen molar-refractivity contribution in [3.8, 4) is 40.0 Å². The number of nitrogens with one attached hydrogen (secondary N) is 1. The molecule has 0 bridgehead atoms. The standard InChI is InChI=1S/C20H15ClN2O2S/c1-24-18-8-5-13(9-19(18)25-2)17-10-15(16(11-22)20(26)23-17)12-3-6-14(21)7-4-12/h3-10H,1-2H3,(H,23,26). The highest BCUT2D eigenvalue weighted by atomic mass is 35.5. The lowest BCUT2D eigenvalue weighted by Gasteiger charge is -2.12. The van der Waals surface area contributed by atoms with Crippen LogP contribution >= 0.6 is 23.8 Å². The maximum atomic E-state index is 9.53. The Morgan fingerprint density at radius 3 is 2.23 bits per heavy atom. The van der Waals surface area contributed by atoms with Crippen molar-refractivity contribution in [3.63, 3.8) is 0 Å². The van der Waals surface area contributed by atoms with Crippen LogP contribution in [0.4, 0.5) is 0 Å². The molecular formula is C20H15ClN2O2S. The predicted molar refractivity (Wildman–Crippen MR) is 105 cm³/mol. The molecule has 0 saturated carbocycles. The van der Waals surface area contributed by atoms with Gasteiger partial charge in [-0.3, -0.25) is 0 Å². The molecule has 2 aromatic carbocycles. The quantitative estimate of drug-likeness (QED) is 0.595. The Kier molecular flexibility index (Phi) is 5.27. The van der Waals surface area contributed by atoms with Gasteiger partial charge in [-0.15, -0.1) is 0 Å². The number of nitriles is 1. The summed E-state index contributed by atoms with van der Waals surface area (Å²) < 4.78 is 11.0. The zero-order chi connectivity index (χ0) is 18.7. The van der Waals surface area contributed by atoms with Crippen LogP contribution in [0.5, 0.6) is 11.5 Å². The van der Waals surface area contributed by atoms with Crippen molar-refractivity contribution in [2.24, 2.45) is 0 Å². The summed E-state index contributed by atoms with van der Waals surface area (Å²) in [5.41, 5.74) is 3.69. The van der Waals surface area contributed by atoms with E-state index in [-0.39, 0.29) is 0 Å². The van der Waals surface area contributed by atoms with E-state index in [1.807, 2.05) is 36.4 Å². The summed E-state index contributed by atoms with van der Waals surface area (Å²) in [6.07, 6.45) is 0. The van der Waals surface area contributed by atoms with Crippen molar-refractivity contribution >= 4 is 23.8 Å². The van der Waals surface area contributed by atoms with Gasteiger partial charge >= 0.3 is 0 Å². The third-order valence-electron chi connectivity index (χ3n) is 3.99. The van der Waals surface area contributed by atoms with Crippen LogP contribution in [0, 0.1) is 16.0 Å². The van der Waals surface area contributed by atoms with Crippen LogP contribution in [0.3, 0.4) is 0 Å². The van der Waals surface area contributed by atoms with Crippen molar-refractivity contribution in [1.29, 1.82) is 5.26 Å². The van der Waals surface area contributed by atoms with Crippen LogP contribution in [-0.2, 0) is 0 Å². The molecule has 0 aliphatic rings. The van der Waals surface area contributed by atoms with Crippen molar-refractivity contribution in [1.82, 2.24) is 4.98 Å². The van der Waals surface area contributed by atoms with Gasteiger partial charge in [0, 0.05) is 21.8 Å². The lowest BCUT2D eigenvalue weighted by molar-refractivity contribution is 0.355. The molecule has 6 heteroatoms. The molecular weight excluding hydrogens is 368 g/mol. The van der Waals surface area contributed by atoms with E-state index in [1.165, 1.54) is 0 Å². The van der Waals surface area contributed by atoms with E-state index in [1.54, 1.807) is 26.4 Å². The highest BCUT2D eigenvalue weighted by Crippen LogP contribution is 2.34. The second-order valence-electron chi connectivity index (χ2n) is 5.49. The van der Waals surface area contributed by atoms with Crippen LogP contribution in [0.25, 0.3) is 22.4 Å². The molecule has 0 aliphatic heterocycles. The number of hydrogen-bond donors (Lipinski definition) is 1. The Bertz CT molecular complexity index is 1050. The van der Waals surface area contributed by atoms with E-state index >= 15 is 0 Å². The van der Waals surface area contributed by atoms with E-state index in [9.17, 15) is 5.26 Å². The van der Waals surface area contributed by atoms with Gasteiger partial charge in [0.05, 0.1) is 19.8 Å². The number of hydrogen-bond acceptors (Lipinski definition) is 4. The van der Waals surface area contributed by atoms with Gasteiger partial charge in [0.2, 0.25) is 0 Å². The number of aromatic amines is 1. The summed E-state index contributed by atoms with van der Waals surface area (Å²) in [5, 5.41) is 10.2. The first-order chi connectivity index (χ1) is 12.6. The first kappa shape index (κ1) is 18.0. The Labute approximate surface area is 161 Å². The molecule has 1 N–H and O–H groups in total. The van der Waals surface area contributed by atoms with Crippen molar-refractivity contribution in [2.75, 3.05) is 14.2 Å². The number of ether oxygens (including phenoxy) is 2. The zero-order valence-electron chi connectivity index (χ0n) is 14.2. The zero-order valence-corrected chi connectivity index (χ0v) is 15.7. The Morgan fingerprint density at radius 1 is 0.962 bits per heavy atom. The van der Waals surface area contributed by atoms with Gasteiger partial charge < -0.3 is 14.5 Å². The maximum absolute atomic E-state index is 9.53. The molecule has 1 heterocycles. The first-order valence-electron chi connectivity index (χ1n) is 7.73. The Morgan fingerprint density at radius 2 is 1.62 bits per heavy atom. The van der Waals surface area contributed by atoms with E-state index < -0.39 is 0 Å². The topological polar surface area (TPSA) is 58.0 Å². The summed E-state index contributed by atoms with van der Waals surface area (Å²) >= 11 is 11.4. The molecule has 3 rings (SSSR count). The molecule has 0 saturated heterocycles. The number of benzene rings is 2. The second-order valence-corrected chi connectivity index (χ2v) is 6.33. The number of pyridine rings is 1. The van der Waals surface area contributed by atoms with Gasteiger partial charge in [-0.1, -0.05) is 36.0 Å². The average molecular weight is 383 g/mol. The normalized spacial score (nSPS) is 10.2. The smallest absolute Gasteiger partial charge is 0.161 e. The summed E-state index contributed by atoms with van der Waals surface area (Å²) in [4.78, 5) is 3.12. The number of aromatic nitrogens is 1. The van der Waals surface area contributed by atoms with Gasteiger partial charge in [0.25, 0.3) is 0 Å². The summed E-state index contributed by atoms with van der Waals surface area (Å²) in [7, 11) is 3.17. The molecule has 0 radical (unpaired) electrons. The average Bonchev–Trinajstić information content (AvgIpc) is 2.67. The molecule has 0 atom stereocenters. The minimum absolute atomic E-state index is 0.379. The molecule has 0 aliphatic carbocycles. The van der Waals surface area contributed by atoms with Crippen LogP contribution in [0.1, 0.15) is 5.56 Å². The van der Waals surface area contributed by atoms with Crippen LogP contribution in [0.2, 0.25) is 5.02 Å². The monoisotopic (exact) mass is 382 g/mol. The number of methoxy groups -OCH3 is 2. The minimum atomic E-state index is 0.379. The van der Waals surface area contributed by atoms with Crippen molar-refractivity contribution < 1.29 is 9.47 Å². The predicted octanol–water partition coefficient (Wildman–Crippen LogP) is 5.62. The third kappa shape index (κ3) is 3.43. The number of halogens is 1. The highest BCUT2D eigenvalue weighted by Gasteiger charge is 2.12. The van der Waals surface area contributed by atoms with Crippen LogP contribution in [-0.4, -0.2) is 19.2 Å². The van der Waals surface area contributed by atoms with E-state index in [0.717, 1.165) is 22.4 Å². The molecule has 0 fully saturated rings. The summed E-state index contributed by atoms with van der Waals surface area (Å²) in [6.45, 7) is 0. The number of nitrogens with zero attached hydrogens (tertiary/aromatic N) is 1. The lowest BCUT2D eigenvalue weighted by atomic mass is 9.99. The maximum Gasteiger partial charge on any atom is 0.161 e. The van der Waals surface area contributed by atoms with Gasteiger partial charge in [-0.2, -0.15) is 5.26 Å². The fourth-order valence-corrected chi connectivity index (χ4v) is 3.08. The molecule has 3 aromatic rings. The third-order valence-corrected chi connectivity index (χ3v) is 4.55. The van der Waals surface area contributed by atoms with Gasteiger partial charge in [0.1, 0.15) is 10.7 Å². The fraction of sp³-hybridized carbons (Fsp3) is 0.100. The second kappa shape index (κ2) is 7.61. The highest BCUT2D eigenvalue weighted by molar-refractivity contribution is 7.71. The molecule has 26 heavy (non-hydrogen) atoms. The van der Waals surface area contributed by atoms with Crippen molar-refractivity contribution in [3.05, 3.63) is 63.8 Å². The van der Waals surface area contributed by atoms with Crippen molar-refractivity contribution in [2.45, 2.75) is 0 Å². The van der Waals surface area contributed by atoms with Gasteiger partial charge in [0.15, 0.2) is 11.5 Å². The fourth-order valence-electron chi connectivity index (χ4n) is 2.69. The van der Waals surface area contributed by atoms with Gasteiger partial charge in [-0.05, 0) is 42.0 Å². The summed E-state index contributed by atoms with van der Waals surface area (Å²) in [5.74, 6) is 1.25.